The molecule has 2 aromatic heterocycles. The molecule has 0 spiro atoms. The summed E-state index contributed by atoms with van der Waals surface area (Å²) in [5, 5.41) is 10.4. The van der Waals surface area contributed by atoms with E-state index in [-0.39, 0.29) is 5.41 Å². The van der Waals surface area contributed by atoms with Crippen molar-refractivity contribution in [3.8, 4) is 9.88 Å². The van der Waals surface area contributed by atoms with Crippen molar-refractivity contribution in [3.05, 3.63) is 10.7 Å². The van der Waals surface area contributed by atoms with E-state index in [9.17, 15) is 0 Å². The first kappa shape index (κ1) is 14.4. The summed E-state index contributed by atoms with van der Waals surface area (Å²) in [5.74, 6) is 0. The molecule has 0 atom stereocenters. The fourth-order valence-corrected chi connectivity index (χ4v) is 3.58. The van der Waals surface area contributed by atoms with Crippen molar-refractivity contribution in [2.45, 2.75) is 32.6 Å². The second kappa shape index (κ2) is 5.52. The molecule has 0 aliphatic rings. The average molecular weight is 298 g/mol. The van der Waals surface area contributed by atoms with Gasteiger partial charge in [0.15, 0.2) is 5.01 Å². The quantitative estimate of drug-likeness (QED) is 0.939. The highest BCUT2D eigenvalue weighted by atomic mass is 32.1. The van der Waals surface area contributed by atoms with Crippen molar-refractivity contribution < 1.29 is 4.74 Å². The molecule has 0 saturated carbocycles. The van der Waals surface area contributed by atoms with Crippen molar-refractivity contribution in [1.29, 1.82) is 0 Å². The Hall–Kier alpha value is -1.05. The van der Waals surface area contributed by atoms with Crippen LogP contribution in [0.1, 0.15) is 31.5 Å². The molecule has 0 aromatic carbocycles. The van der Waals surface area contributed by atoms with Crippen LogP contribution in [-0.4, -0.2) is 28.9 Å². The maximum atomic E-state index is 5.67. The minimum Gasteiger partial charge on any atom is -0.384 e. The lowest BCUT2D eigenvalue weighted by atomic mass is 9.91. The molecule has 2 aromatic rings. The molecule has 5 nitrogen and oxygen atoms in total. The first-order chi connectivity index (χ1) is 8.91. The Morgan fingerprint density at radius 3 is 2.47 bits per heavy atom. The van der Waals surface area contributed by atoms with E-state index in [0.717, 1.165) is 27.0 Å². The molecule has 0 unspecified atom stereocenters. The molecule has 0 radical (unpaired) electrons. The second-order valence-corrected chi connectivity index (χ2v) is 7.32. The molecule has 7 heteroatoms. The number of nitrogens with two attached hydrogens (primary N) is 1. The molecule has 104 valence electrons. The minimum atomic E-state index is -0.0302. The second-order valence-electron chi connectivity index (χ2n) is 5.22. The van der Waals surface area contributed by atoms with Gasteiger partial charge in [0.1, 0.15) is 0 Å². The minimum absolute atomic E-state index is 0.0302. The van der Waals surface area contributed by atoms with Gasteiger partial charge in [0.05, 0.1) is 22.2 Å². The molecule has 2 rings (SSSR count). The van der Waals surface area contributed by atoms with E-state index in [1.165, 1.54) is 11.3 Å². The smallest absolute Gasteiger partial charge is 0.203 e. The van der Waals surface area contributed by atoms with E-state index in [1.807, 2.05) is 0 Å². The highest BCUT2D eigenvalue weighted by molar-refractivity contribution is 7.23. The zero-order chi connectivity index (χ0) is 14.0. The van der Waals surface area contributed by atoms with Gasteiger partial charge in [0.25, 0.3) is 0 Å². The van der Waals surface area contributed by atoms with Crippen LogP contribution in [0.5, 0.6) is 0 Å². The molecule has 2 N–H and O–H groups in total. The number of hydrogen-bond donors (Lipinski definition) is 1. The molecule has 2 heterocycles. The molecular formula is C12H18N4OS2. The molecule has 0 aliphatic heterocycles. The summed E-state index contributed by atoms with van der Waals surface area (Å²) in [5.41, 5.74) is 6.70. The van der Waals surface area contributed by atoms with Gasteiger partial charge >= 0.3 is 0 Å². The highest BCUT2D eigenvalue weighted by Gasteiger charge is 2.25. The number of thiazole rings is 1. The summed E-state index contributed by atoms with van der Waals surface area (Å²) in [7, 11) is 1.70. The Labute approximate surface area is 120 Å². The number of nitrogen functional groups attached to an aromatic ring is 1. The number of nitrogens with zero attached hydrogens (tertiary/aromatic N) is 3. The van der Waals surface area contributed by atoms with Crippen LogP contribution in [0.3, 0.4) is 0 Å². The number of rotatable bonds is 4. The van der Waals surface area contributed by atoms with Crippen LogP contribution in [0.25, 0.3) is 9.88 Å². The maximum absolute atomic E-state index is 5.67. The third-order valence-electron chi connectivity index (χ3n) is 2.54. The SMILES string of the molecule is COCCc1nc(C(C)(C)C)c(-c2nnc(N)s2)s1. The van der Waals surface area contributed by atoms with Crippen molar-refractivity contribution in [2.75, 3.05) is 19.5 Å². The molecule has 0 bridgehead atoms. The van der Waals surface area contributed by atoms with E-state index in [4.69, 9.17) is 15.5 Å². The predicted octanol–water partition coefficient (Wildman–Crippen LogP) is 2.73. The van der Waals surface area contributed by atoms with Gasteiger partial charge in [-0.3, -0.25) is 0 Å². The van der Waals surface area contributed by atoms with Crippen molar-refractivity contribution >= 4 is 27.8 Å². The van der Waals surface area contributed by atoms with Crippen LogP contribution in [0.4, 0.5) is 5.13 Å². The molecule has 19 heavy (non-hydrogen) atoms. The maximum Gasteiger partial charge on any atom is 0.203 e. The summed E-state index contributed by atoms with van der Waals surface area (Å²) in [6, 6.07) is 0. The Kier molecular flexibility index (Phi) is 4.17. The average Bonchev–Trinajstić information content (AvgIpc) is 2.91. The molecule has 0 saturated heterocycles. The van der Waals surface area contributed by atoms with Gasteiger partial charge in [-0.2, -0.15) is 0 Å². The number of hydrogen-bond acceptors (Lipinski definition) is 7. The van der Waals surface area contributed by atoms with Crippen molar-refractivity contribution in [2.24, 2.45) is 0 Å². The summed E-state index contributed by atoms with van der Waals surface area (Å²) < 4.78 is 5.11. The highest BCUT2D eigenvalue weighted by Crippen LogP contribution is 2.38. The van der Waals surface area contributed by atoms with E-state index in [2.05, 4.69) is 31.0 Å². The first-order valence-corrected chi connectivity index (χ1v) is 7.63. The Morgan fingerprint density at radius 2 is 1.95 bits per heavy atom. The summed E-state index contributed by atoms with van der Waals surface area (Å²) in [6.45, 7) is 7.12. The number of ether oxygens (including phenoxy) is 1. The molecule has 0 fully saturated rings. The van der Waals surface area contributed by atoms with E-state index in [0.29, 0.717) is 11.7 Å². The Balaban J connectivity index is 2.42. The number of methoxy groups -OCH3 is 1. The fourth-order valence-electron chi connectivity index (χ4n) is 1.64. The lowest BCUT2D eigenvalue weighted by molar-refractivity contribution is 0.202. The number of anilines is 1. The zero-order valence-electron chi connectivity index (χ0n) is 11.6. The monoisotopic (exact) mass is 298 g/mol. The van der Waals surface area contributed by atoms with Gasteiger partial charge in [0.2, 0.25) is 5.13 Å². The van der Waals surface area contributed by atoms with Gasteiger partial charge < -0.3 is 10.5 Å². The Morgan fingerprint density at radius 1 is 1.21 bits per heavy atom. The fraction of sp³-hybridized carbons (Fsp3) is 0.583. The van der Waals surface area contributed by atoms with Gasteiger partial charge in [-0.25, -0.2) is 4.98 Å². The van der Waals surface area contributed by atoms with Crippen LogP contribution >= 0.6 is 22.7 Å². The van der Waals surface area contributed by atoms with Crippen LogP contribution in [-0.2, 0) is 16.6 Å². The third-order valence-corrected chi connectivity index (χ3v) is 4.56. The van der Waals surface area contributed by atoms with Crippen LogP contribution in [0.15, 0.2) is 0 Å². The lowest BCUT2D eigenvalue weighted by Crippen LogP contribution is -2.13. The summed E-state index contributed by atoms with van der Waals surface area (Å²) in [6.07, 6.45) is 0.818. The van der Waals surface area contributed by atoms with E-state index >= 15 is 0 Å². The van der Waals surface area contributed by atoms with Gasteiger partial charge in [0, 0.05) is 18.9 Å². The van der Waals surface area contributed by atoms with Crippen molar-refractivity contribution in [3.63, 3.8) is 0 Å². The Bertz CT molecular complexity index is 556. The third kappa shape index (κ3) is 3.29. The summed E-state index contributed by atoms with van der Waals surface area (Å²) >= 11 is 3.06. The van der Waals surface area contributed by atoms with Gasteiger partial charge in [-0.15, -0.1) is 21.5 Å². The largest absolute Gasteiger partial charge is 0.384 e. The van der Waals surface area contributed by atoms with E-state index < -0.39 is 0 Å². The molecular weight excluding hydrogens is 280 g/mol. The lowest BCUT2D eigenvalue weighted by Gasteiger charge is -2.16. The predicted molar refractivity (Wildman–Crippen MR) is 79.7 cm³/mol. The molecule has 0 amide bonds. The van der Waals surface area contributed by atoms with Gasteiger partial charge in [-0.05, 0) is 0 Å². The molecule has 0 aliphatic carbocycles. The standard InChI is InChI=1S/C12H18N4OS2/c1-12(2,3)9-8(10-15-16-11(13)19-10)18-7(14-9)5-6-17-4/h5-6H2,1-4H3,(H2,13,16). The first-order valence-electron chi connectivity index (χ1n) is 6.00. The summed E-state index contributed by atoms with van der Waals surface area (Å²) in [4.78, 5) is 5.82. The zero-order valence-corrected chi connectivity index (χ0v) is 13.2. The van der Waals surface area contributed by atoms with Crippen LogP contribution < -0.4 is 5.73 Å². The number of aromatic nitrogens is 3. The topological polar surface area (TPSA) is 73.9 Å². The van der Waals surface area contributed by atoms with Gasteiger partial charge in [-0.1, -0.05) is 32.1 Å². The van der Waals surface area contributed by atoms with Crippen LogP contribution in [0.2, 0.25) is 0 Å². The van der Waals surface area contributed by atoms with Crippen LogP contribution in [0, 0.1) is 0 Å². The van der Waals surface area contributed by atoms with E-state index in [1.54, 1.807) is 18.4 Å². The van der Waals surface area contributed by atoms with Crippen molar-refractivity contribution in [1.82, 2.24) is 15.2 Å². The normalized spacial score (nSPS) is 12.0.